The molecule has 20 heavy (non-hydrogen) atoms. The lowest BCUT2D eigenvalue weighted by molar-refractivity contribution is 0.0429. The van der Waals surface area contributed by atoms with Gasteiger partial charge in [-0.2, -0.15) is 0 Å². The van der Waals surface area contributed by atoms with Gasteiger partial charge in [-0.1, -0.05) is 56.3 Å². The molecule has 1 aromatic rings. The van der Waals surface area contributed by atoms with Crippen molar-refractivity contribution >= 4 is 34.9 Å². The Morgan fingerprint density at radius 3 is 2.55 bits per heavy atom. The van der Waals surface area contributed by atoms with Gasteiger partial charge in [-0.3, -0.25) is 0 Å². The number of rotatable bonds is 7. The van der Waals surface area contributed by atoms with Gasteiger partial charge in [0.15, 0.2) is 0 Å². The third kappa shape index (κ3) is 4.57. The normalized spacial score (nSPS) is 12.2. The molecule has 1 atom stereocenters. The molecule has 1 unspecified atom stereocenters. The summed E-state index contributed by atoms with van der Waals surface area (Å²) in [5.41, 5.74) is 6.12. The molecule has 0 fully saturated rings. The SMILES string of the molecule is CCCCC(CC)COC(=O)c1c(Cl)ccc(Cl)c1N. The Hall–Kier alpha value is -0.930. The van der Waals surface area contributed by atoms with Crippen LogP contribution in [0.2, 0.25) is 10.0 Å². The fourth-order valence-electron chi connectivity index (χ4n) is 1.94. The van der Waals surface area contributed by atoms with Gasteiger partial charge in [0.25, 0.3) is 0 Å². The summed E-state index contributed by atoms with van der Waals surface area (Å²) in [6, 6.07) is 3.11. The minimum Gasteiger partial charge on any atom is -0.462 e. The van der Waals surface area contributed by atoms with Crippen molar-refractivity contribution in [1.82, 2.24) is 0 Å². The molecule has 0 aromatic heterocycles. The van der Waals surface area contributed by atoms with Crippen molar-refractivity contribution in [2.45, 2.75) is 39.5 Å². The number of carbonyl (C=O) groups excluding carboxylic acids is 1. The zero-order valence-electron chi connectivity index (χ0n) is 11.9. The van der Waals surface area contributed by atoms with Crippen molar-refractivity contribution in [3.8, 4) is 0 Å². The average molecular weight is 318 g/mol. The van der Waals surface area contributed by atoms with Crippen LogP contribution in [0, 0.1) is 5.92 Å². The minimum absolute atomic E-state index is 0.157. The Labute approximate surface area is 130 Å². The first-order chi connectivity index (χ1) is 9.51. The molecule has 3 nitrogen and oxygen atoms in total. The molecular formula is C15H21Cl2NO2. The van der Waals surface area contributed by atoms with Crippen LogP contribution < -0.4 is 5.73 Å². The van der Waals surface area contributed by atoms with Crippen molar-refractivity contribution in [2.24, 2.45) is 5.92 Å². The standard InChI is InChI=1S/C15H21Cl2NO2/c1-3-5-6-10(4-2)9-20-15(19)13-11(16)7-8-12(17)14(13)18/h7-8,10H,3-6,9,18H2,1-2H3. The van der Waals surface area contributed by atoms with E-state index in [0.717, 1.165) is 25.7 Å². The van der Waals surface area contributed by atoms with Crippen LogP contribution >= 0.6 is 23.2 Å². The zero-order valence-corrected chi connectivity index (χ0v) is 13.4. The van der Waals surface area contributed by atoms with Gasteiger partial charge in [-0.25, -0.2) is 4.79 Å². The number of anilines is 1. The monoisotopic (exact) mass is 317 g/mol. The number of hydrogen-bond donors (Lipinski definition) is 1. The maximum Gasteiger partial charge on any atom is 0.341 e. The van der Waals surface area contributed by atoms with Crippen LogP contribution in [0.5, 0.6) is 0 Å². The molecule has 0 radical (unpaired) electrons. The molecule has 0 saturated carbocycles. The van der Waals surface area contributed by atoms with Gasteiger partial charge in [0, 0.05) is 0 Å². The van der Waals surface area contributed by atoms with Gasteiger partial charge < -0.3 is 10.5 Å². The Kier molecular flexibility index (Phi) is 7.17. The Morgan fingerprint density at radius 2 is 1.95 bits per heavy atom. The number of carbonyl (C=O) groups is 1. The predicted molar refractivity (Wildman–Crippen MR) is 84.5 cm³/mol. The summed E-state index contributed by atoms with van der Waals surface area (Å²) in [6.45, 7) is 4.62. The van der Waals surface area contributed by atoms with Crippen LogP contribution in [-0.2, 0) is 4.74 Å². The topological polar surface area (TPSA) is 52.3 Å². The minimum atomic E-state index is -0.509. The van der Waals surface area contributed by atoms with Crippen LogP contribution in [0.4, 0.5) is 5.69 Å². The Morgan fingerprint density at radius 1 is 1.30 bits per heavy atom. The highest BCUT2D eigenvalue weighted by Gasteiger charge is 2.19. The van der Waals surface area contributed by atoms with Gasteiger partial charge in [-0.05, 0) is 24.5 Å². The smallest absolute Gasteiger partial charge is 0.341 e. The van der Waals surface area contributed by atoms with Crippen LogP contribution in [0.1, 0.15) is 49.9 Å². The van der Waals surface area contributed by atoms with Crippen LogP contribution in [0.15, 0.2) is 12.1 Å². The molecule has 0 aliphatic carbocycles. The van der Waals surface area contributed by atoms with Gasteiger partial charge >= 0.3 is 5.97 Å². The summed E-state index contributed by atoms with van der Waals surface area (Å²) in [5, 5.41) is 0.567. The van der Waals surface area contributed by atoms with Crippen molar-refractivity contribution in [3.05, 3.63) is 27.7 Å². The molecule has 0 heterocycles. The van der Waals surface area contributed by atoms with Crippen molar-refractivity contribution in [1.29, 1.82) is 0 Å². The fraction of sp³-hybridized carbons (Fsp3) is 0.533. The number of esters is 1. The molecule has 112 valence electrons. The van der Waals surface area contributed by atoms with E-state index in [4.69, 9.17) is 33.7 Å². The van der Waals surface area contributed by atoms with E-state index in [0.29, 0.717) is 17.5 Å². The summed E-state index contributed by atoms with van der Waals surface area (Å²) < 4.78 is 5.33. The van der Waals surface area contributed by atoms with Crippen molar-refractivity contribution < 1.29 is 9.53 Å². The Bertz CT molecular complexity index is 463. The first-order valence-corrected chi connectivity index (χ1v) is 7.67. The summed E-state index contributed by atoms with van der Waals surface area (Å²) in [6.07, 6.45) is 4.30. The molecule has 0 aliphatic heterocycles. The van der Waals surface area contributed by atoms with E-state index in [1.165, 1.54) is 0 Å². The highest BCUT2D eigenvalue weighted by Crippen LogP contribution is 2.30. The van der Waals surface area contributed by atoms with Gasteiger partial charge in [0.1, 0.15) is 5.56 Å². The van der Waals surface area contributed by atoms with E-state index >= 15 is 0 Å². The zero-order chi connectivity index (χ0) is 15.1. The second-order valence-electron chi connectivity index (χ2n) is 4.83. The highest BCUT2D eigenvalue weighted by atomic mass is 35.5. The molecule has 5 heteroatoms. The number of nitrogen functional groups attached to an aromatic ring is 1. The van der Waals surface area contributed by atoms with E-state index in [1.807, 2.05) is 0 Å². The fourth-order valence-corrected chi connectivity index (χ4v) is 2.34. The molecule has 1 aromatic carbocycles. The molecule has 0 saturated heterocycles. The van der Waals surface area contributed by atoms with Crippen LogP contribution in [0.25, 0.3) is 0 Å². The number of benzene rings is 1. The molecule has 2 N–H and O–H groups in total. The third-order valence-electron chi connectivity index (χ3n) is 3.34. The quantitative estimate of drug-likeness (QED) is 0.572. The van der Waals surface area contributed by atoms with Crippen LogP contribution in [0.3, 0.4) is 0 Å². The maximum atomic E-state index is 12.1. The van der Waals surface area contributed by atoms with Gasteiger partial charge in [0.2, 0.25) is 0 Å². The number of ether oxygens (including phenoxy) is 1. The second-order valence-corrected chi connectivity index (χ2v) is 5.65. The largest absolute Gasteiger partial charge is 0.462 e. The first-order valence-electron chi connectivity index (χ1n) is 6.91. The number of unbranched alkanes of at least 4 members (excludes halogenated alkanes) is 1. The summed E-state index contributed by atoms with van der Waals surface area (Å²) in [5.74, 6) is -0.136. The predicted octanol–water partition coefficient (Wildman–Crippen LogP) is 4.95. The summed E-state index contributed by atoms with van der Waals surface area (Å²) >= 11 is 11.9. The molecule has 0 spiro atoms. The molecule has 0 bridgehead atoms. The number of halogens is 2. The Balaban J connectivity index is 2.70. The van der Waals surface area contributed by atoms with E-state index < -0.39 is 5.97 Å². The molecule has 0 amide bonds. The molecular weight excluding hydrogens is 297 g/mol. The van der Waals surface area contributed by atoms with Gasteiger partial charge in [-0.15, -0.1) is 0 Å². The van der Waals surface area contributed by atoms with E-state index in [1.54, 1.807) is 12.1 Å². The van der Waals surface area contributed by atoms with Crippen LogP contribution in [-0.4, -0.2) is 12.6 Å². The number of hydrogen-bond acceptors (Lipinski definition) is 3. The molecule has 1 rings (SSSR count). The second kappa shape index (κ2) is 8.38. The van der Waals surface area contributed by atoms with Crippen molar-refractivity contribution in [2.75, 3.05) is 12.3 Å². The third-order valence-corrected chi connectivity index (χ3v) is 3.98. The number of nitrogens with two attached hydrogens (primary N) is 1. The van der Waals surface area contributed by atoms with E-state index in [2.05, 4.69) is 13.8 Å². The first kappa shape index (κ1) is 17.1. The summed E-state index contributed by atoms with van der Waals surface area (Å²) in [4.78, 5) is 12.1. The lowest BCUT2D eigenvalue weighted by atomic mass is 10.0. The summed E-state index contributed by atoms with van der Waals surface area (Å²) in [7, 11) is 0. The van der Waals surface area contributed by atoms with E-state index in [-0.39, 0.29) is 16.3 Å². The lowest BCUT2D eigenvalue weighted by Crippen LogP contribution is -2.15. The molecule has 0 aliphatic rings. The average Bonchev–Trinajstić information content (AvgIpc) is 2.43. The maximum absolute atomic E-state index is 12.1. The van der Waals surface area contributed by atoms with Gasteiger partial charge in [0.05, 0.1) is 22.3 Å². The highest BCUT2D eigenvalue weighted by molar-refractivity contribution is 6.38. The van der Waals surface area contributed by atoms with Crippen molar-refractivity contribution in [3.63, 3.8) is 0 Å². The lowest BCUT2D eigenvalue weighted by Gasteiger charge is -2.15. The van der Waals surface area contributed by atoms with E-state index in [9.17, 15) is 4.79 Å².